The molecule has 4 aromatic rings. The molecule has 1 saturated heterocycles. The summed E-state index contributed by atoms with van der Waals surface area (Å²) in [6, 6.07) is 18.2. The summed E-state index contributed by atoms with van der Waals surface area (Å²) < 4.78 is 7.91. The first-order valence-electron chi connectivity index (χ1n) is 12.1. The third kappa shape index (κ3) is 2.84. The van der Waals surface area contributed by atoms with E-state index in [0.717, 1.165) is 47.1 Å². The topological polar surface area (TPSA) is 77.3 Å². The molecule has 1 saturated carbocycles. The van der Waals surface area contributed by atoms with Gasteiger partial charge in [0.2, 0.25) is 5.91 Å². The van der Waals surface area contributed by atoms with Crippen LogP contribution in [0.4, 0.5) is 0 Å². The normalized spacial score (nSPS) is 22.3. The lowest BCUT2D eigenvalue weighted by Crippen LogP contribution is -2.51. The predicted octanol–water partition coefficient (Wildman–Crippen LogP) is 4.14. The van der Waals surface area contributed by atoms with Crippen LogP contribution in [0.15, 0.2) is 73.3 Å². The highest BCUT2D eigenvalue weighted by molar-refractivity contribution is 5.95. The number of carbonyl (C=O) groups excluding carboxylic acids is 2. The zero-order chi connectivity index (χ0) is 23.6. The number of hydrogen-bond acceptors (Lipinski definition) is 5. The standard InChI is InChI=1S/C28H24N4O3/c33-25-21-16-29-14-10-22(21)28(35-25)13-15-31(17-28)26(34)27(11-3-12-27)19-6-8-20(9-7-19)32-18-30-23-4-1-2-5-24(23)32/h1-2,4-10,14,16,18H,3,11-13,15,17H2/t28-/m0/s1. The Morgan fingerprint density at radius 1 is 1.00 bits per heavy atom. The molecule has 3 aliphatic rings. The van der Waals surface area contributed by atoms with Gasteiger partial charge in [-0.2, -0.15) is 0 Å². The van der Waals surface area contributed by atoms with Gasteiger partial charge in [-0.25, -0.2) is 9.78 Å². The van der Waals surface area contributed by atoms with Crippen molar-refractivity contribution in [3.63, 3.8) is 0 Å². The van der Waals surface area contributed by atoms with E-state index in [1.807, 2.05) is 35.5 Å². The van der Waals surface area contributed by atoms with E-state index < -0.39 is 11.0 Å². The number of hydrogen-bond donors (Lipinski definition) is 0. The molecule has 35 heavy (non-hydrogen) atoms. The maximum atomic E-state index is 13.9. The van der Waals surface area contributed by atoms with Gasteiger partial charge >= 0.3 is 5.97 Å². The van der Waals surface area contributed by atoms with E-state index >= 15 is 0 Å². The number of ether oxygens (including phenoxy) is 1. The smallest absolute Gasteiger partial charge is 0.341 e. The van der Waals surface area contributed by atoms with Crippen molar-refractivity contribution >= 4 is 22.9 Å². The van der Waals surface area contributed by atoms with Crippen molar-refractivity contribution in [2.24, 2.45) is 0 Å². The first kappa shape index (κ1) is 20.4. The van der Waals surface area contributed by atoms with Crippen LogP contribution in [0.2, 0.25) is 0 Å². The van der Waals surface area contributed by atoms with Crippen LogP contribution in [-0.2, 0) is 20.5 Å². The van der Waals surface area contributed by atoms with Crippen molar-refractivity contribution in [2.45, 2.75) is 36.7 Å². The van der Waals surface area contributed by atoms with Crippen molar-refractivity contribution in [1.29, 1.82) is 0 Å². The Morgan fingerprint density at radius 2 is 1.83 bits per heavy atom. The molecular weight excluding hydrogens is 440 g/mol. The molecule has 0 unspecified atom stereocenters. The lowest BCUT2D eigenvalue weighted by atomic mass is 9.63. The summed E-state index contributed by atoms with van der Waals surface area (Å²) in [5.41, 5.74) is 4.19. The van der Waals surface area contributed by atoms with E-state index in [1.165, 1.54) is 0 Å². The minimum atomic E-state index is -0.748. The van der Waals surface area contributed by atoms with Gasteiger partial charge < -0.3 is 9.64 Å². The summed E-state index contributed by atoms with van der Waals surface area (Å²) >= 11 is 0. The van der Waals surface area contributed by atoms with Gasteiger partial charge in [0.1, 0.15) is 6.33 Å². The van der Waals surface area contributed by atoms with Gasteiger partial charge in [-0.15, -0.1) is 0 Å². The van der Waals surface area contributed by atoms with Gasteiger partial charge in [-0.05, 0) is 48.7 Å². The van der Waals surface area contributed by atoms with Crippen LogP contribution in [-0.4, -0.2) is 44.4 Å². The number of fused-ring (bicyclic) bond motifs is 3. The largest absolute Gasteiger partial charge is 0.449 e. The Labute approximate surface area is 202 Å². The molecule has 1 atom stereocenters. The Morgan fingerprint density at radius 3 is 2.63 bits per heavy atom. The van der Waals surface area contributed by atoms with Crippen LogP contribution < -0.4 is 0 Å². The first-order valence-corrected chi connectivity index (χ1v) is 12.1. The van der Waals surface area contributed by atoms with E-state index in [0.29, 0.717) is 25.1 Å². The van der Waals surface area contributed by atoms with Crippen molar-refractivity contribution in [1.82, 2.24) is 19.4 Å². The Balaban J connectivity index is 1.17. The number of benzene rings is 2. The van der Waals surface area contributed by atoms with Crippen molar-refractivity contribution < 1.29 is 14.3 Å². The molecule has 1 spiro atoms. The van der Waals surface area contributed by atoms with Gasteiger partial charge in [0.15, 0.2) is 5.60 Å². The number of rotatable bonds is 3. The maximum absolute atomic E-state index is 13.9. The van der Waals surface area contributed by atoms with Crippen LogP contribution in [0.1, 0.15) is 47.2 Å². The highest BCUT2D eigenvalue weighted by Crippen LogP contribution is 2.49. The van der Waals surface area contributed by atoms with Crippen LogP contribution in [0, 0.1) is 0 Å². The summed E-state index contributed by atoms with van der Waals surface area (Å²) in [4.78, 5) is 36.8. The molecule has 1 amide bonds. The third-order valence-electron chi connectivity index (χ3n) is 8.11. The molecular formula is C28H24N4O3. The fourth-order valence-electron chi connectivity index (χ4n) is 6.07. The molecule has 7 nitrogen and oxygen atoms in total. The summed E-state index contributed by atoms with van der Waals surface area (Å²) in [5.74, 6) is -0.205. The third-order valence-corrected chi connectivity index (χ3v) is 8.11. The van der Waals surface area contributed by atoms with Gasteiger partial charge in [0, 0.05) is 36.6 Å². The maximum Gasteiger partial charge on any atom is 0.341 e. The van der Waals surface area contributed by atoms with Crippen molar-refractivity contribution in [3.05, 3.63) is 90.0 Å². The Hall–Kier alpha value is -4.00. The van der Waals surface area contributed by atoms with Crippen LogP contribution in [0.3, 0.4) is 0 Å². The average molecular weight is 465 g/mol. The van der Waals surface area contributed by atoms with Crippen LogP contribution in [0.5, 0.6) is 0 Å². The molecule has 0 N–H and O–H groups in total. The number of nitrogens with zero attached hydrogens (tertiary/aromatic N) is 4. The van der Waals surface area contributed by atoms with Crippen molar-refractivity contribution in [3.8, 4) is 5.69 Å². The predicted molar refractivity (Wildman–Crippen MR) is 129 cm³/mol. The second kappa shape index (κ2) is 7.25. The number of imidazole rings is 1. The molecule has 7 rings (SSSR count). The zero-order valence-electron chi connectivity index (χ0n) is 19.2. The quantitative estimate of drug-likeness (QED) is 0.426. The van der Waals surface area contributed by atoms with Gasteiger partial charge in [0.25, 0.3) is 0 Å². The molecule has 4 heterocycles. The van der Waals surface area contributed by atoms with Crippen LogP contribution >= 0.6 is 0 Å². The van der Waals surface area contributed by atoms with Gasteiger partial charge in [-0.1, -0.05) is 30.7 Å². The number of esters is 1. The molecule has 2 aliphatic heterocycles. The second-order valence-corrected chi connectivity index (χ2v) is 9.87. The SMILES string of the molecule is O=C1O[C@]2(CCN(C(=O)C3(c4ccc(-n5cnc6ccccc65)cc4)CCC3)C2)c2ccncc21. The summed E-state index contributed by atoms with van der Waals surface area (Å²) in [5, 5.41) is 0. The fraction of sp³-hybridized carbons (Fsp3) is 0.286. The van der Waals surface area contributed by atoms with Crippen molar-refractivity contribution in [2.75, 3.05) is 13.1 Å². The average Bonchev–Trinajstić information content (AvgIpc) is 3.56. The van der Waals surface area contributed by atoms with Crippen LogP contribution in [0.25, 0.3) is 16.7 Å². The number of para-hydroxylation sites is 2. The Kier molecular flexibility index (Phi) is 4.22. The molecule has 2 aromatic heterocycles. The van der Waals surface area contributed by atoms with E-state index in [-0.39, 0.29) is 11.9 Å². The minimum Gasteiger partial charge on any atom is -0.449 e. The van der Waals surface area contributed by atoms with E-state index in [9.17, 15) is 9.59 Å². The summed E-state index contributed by atoms with van der Waals surface area (Å²) in [7, 11) is 0. The van der Waals surface area contributed by atoms with E-state index in [4.69, 9.17) is 4.74 Å². The number of aromatic nitrogens is 3. The zero-order valence-corrected chi connectivity index (χ0v) is 19.2. The molecule has 174 valence electrons. The second-order valence-electron chi connectivity index (χ2n) is 9.87. The van der Waals surface area contributed by atoms with Gasteiger partial charge in [0.05, 0.1) is 28.6 Å². The Bertz CT molecular complexity index is 1490. The molecule has 7 heteroatoms. The lowest BCUT2D eigenvalue weighted by molar-refractivity contribution is -0.140. The minimum absolute atomic E-state index is 0.139. The first-order chi connectivity index (χ1) is 17.1. The molecule has 2 aromatic carbocycles. The lowest BCUT2D eigenvalue weighted by Gasteiger charge is -2.43. The van der Waals surface area contributed by atoms with E-state index in [2.05, 4.69) is 44.9 Å². The highest BCUT2D eigenvalue weighted by Gasteiger charge is 2.55. The number of amides is 1. The highest BCUT2D eigenvalue weighted by atomic mass is 16.6. The summed E-state index contributed by atoms with van der Waals surface area (Å²) in [6.45, 7) is 0.976. The molecule has 1 aliphatic carbocycles. The molecule has 0 bridgehead atoms. The number of carbonyl (C=O) groups is 2. The van der Waals surface area contributed by atoms with Gasteiger partial charge in [-0.3, -0.25) is 14.3 Å². The molecule has 0 radical (unpaired) electrons. The fourth-order valence-corrected chi connectivity index (χ4v) is 6.07. The molecule has 2 fully saturated rings. The number of pyridine rings is 1. The monoisotopic (exact) mass is 464 g/mol. The summed E-state index contributed by atoms with van der Waals surface area (Å²) in [6.07, 6.45) is 8.41. The number of likely N-dealkylation sites (tertiary alicyclic amines) is 1. The van der Waals surface area contributed by atoms with E-state index in [1.54, 1.807) is 12.4 Å².